The van der Waals surface area contributed by atoms with Crippen LogP contribution in [0.2, 0.25) is 0 Å². The van der Waals surface area contributed by atoms with Crippen LogP contribution in [-0.2, 0) is 0 Å². The van der Waals surface area contributed by atoms with Crippen LogP contribution in [-0.4, -0.2) is 14.2 Å². The molecule has 0 fully saturated rings. The van der Waals surface area contributed by atoms with Crippen LogP contribution in [0.15, 0.2) is 48.5 Å². The lowest BCUT2D eigenvalue weighted by atomic mass is 9.99. The van der Waals surface area contributed by atoms with Crippen LogP contribution in [0.5, 0.6) is 5.75 Å². The van der Waals surface area contributed by atoms with Gasteiger partial charge in [0.1, 0.15) is 5.75 Å². The molecule has 2 rings (SSSR count). The van der Waals surface area contributed by atoms with Crippen molar-refractivity contribution < 1.29 is 4.74 Å². The third kappa shape index (κ3) is 3.03. The number of rotatable bonds is 4. The highest BCUT2D eigenvalue weighted by Gasteiger charge is 2.11. The lowest BCUT2D eigenvalue weighted by Gasteiger charge is -2.17. The Bertz CT molecular complexity index is 510. The molecule has 3 heteroatoms. The maximum absolute atomic E-state index is 5.19. The van der Waals surface area contributed by atoms with Crippen LogP contribution < -0.4 is 10.1 Å². The van der Waals surface area contributed by atoms with Gasteiger partial charge in [-0.05, 0) is 65.0 Å². The fourth-order valence-corrected chi connectivity index (χ4v) is 2.58. The number of nitrogens with one attached hydrogen (secondary N) is 1. The van der Waals surface area contributed by atoms with Crippen LogP contribution >= 0.6 is 22.6 Å². The summed E-state index contributed by atoms with van der Waals surface area (Å²) in [7, 11) is 3.67. The molecule has 1 atom stereocenters. The van der Waals surface area contributed by atoms with Crippen molar-refractivity contribution in [1.82, 2.24) is 5.32 Å². The zero-order valence-corrected chi connectivity index (χ0v) is 12.6. The molecule has 2 nitrogen and oxygen atoms in total. The second kappa shape index (κ2) is 6.20. The SMILES string of the molecule is CNC(c1ccc(OC)cc1)c1cccc(I)c1. The Labute approximate surface area is 122 Å². The van der Waals surface area contributed by atoms with E-state index in [2.05, 4.69) is 64.3 Å². The van der Waals surface area contributed by atoms with Crippen molar-refractivity contribution in [1.29, 1.82) is 0 Å². The lowest BCUT2D eigenvalue weighted by molar-refractivity contribution is 0.414. The number of ether oxygens (including phenoxy) is 1. The van der Waals surface area contributed by atoms with Crippen LogP contribution in [0.3, 0.4) is 0 Å². The minimum Gasteiger partial charge on any atom is -0.497 e. The van der Waals surface area contributed by atoms with E-state index in [0.29, 0.717) is 0 Å². The van der Waals surface area contributed by atoms with E-state index in [0.717, 1.165) is 5.75 Å². The molecule has 1 N–H and O–H groups in total. The fraction of sp³-hybridized carbons (Fsp3) is 0.200. The standard InChI is InChI=1S/C15H16INO/c1-17-15(12-4-3-5-13(16)10-12)11-6-8-14(18-2)9-7-11/h3-10,15,17H,1-2H3. The Morgan fingerprint density at radius 3 is 2.33 bits per heavy atom. The lowest BCUT2D eigenvalue weighted by Crippen LogP contribution is -2.17. The van der Waals surface area contributed by atoms with Crippen molar-refractivity contribution in [3.05, 3.63) is 63.2 Å². The van der Waals surface area contributed by atoms with Gasteiger partial charge in [-0.3, -0.25) is 0 Å². The summed E-state index contributed by atoms with van der Waals surface area (Å²) in [6, 6.07) is 16.9. The van der Waals surface area contributed by atoms with Crippen molar-refractivity contribution in [3.8, 4) is 5.75 Å². The van der Waals surface area contributed by atoms with E-state index in [-0.39, 0.29) is 6.04 Å². The Morgan fingerprint density at radius 2 is 1.78 bits per heavy atom. The molecule has 2 aromatic rings. The smallest absolute Gasteiger partial charge is 0.118 e. The molecule has 0 saturated carbocycles. The number of halogens is 1. The Balaban J connectivity index is 2.32. The third-order valence-corrected chi connectivity index (χ3v) is 3.59. The largest absolute Gasteiger partial charge is 0.497 e. The first-order valence-corrected chi connectivity index (χ1v) is 6.89. The van der Waals surface area contributed by atoms with Gasteiger partial charge in [0.05, 0.1) is 13.2 Å². The quantitative estimate of drug-likeness (QED) is 0.848. The fourth-order valence-electron chi connectivity index (χ4n) is 2.01. The van der Waals surface area contributed by atoms with Gasteiger partial charge in [0.2, 0.25) is 0 Å². The van der Waals surface area contributed by atoms with E-state index in [1.54, 1.807) is 7.11 Å². The van der Waals surface area contributed by atoms with Gasteiger partial charge < -0.3 is 10.1 Å². The Morgan fingerprint density at radius 1 is 1.06 bits per heavy atom. The summed E-state index contributed by atoms with van der Waals surface area (Å²) < 4.78 is 6.43. The first kappa shape index (κ1) is 13.4. The molecule has 1 unspecified atom stereocenters. The molecule has 0 amide bonds. The van der Waals surface area contributed by atoms with E-state index < -0.39 is 0 Å². The minimum atomic E-state index is 0.214. The van der Waals surface area contributed by atoms with E-state index in [1.807, 2.05) is 19.2 Å². The summed E-state index contributed by atoms with van der Waals surface area (Å²) in [6.07, 6.45) is 0. The monoisotopic (exact) mass is 353 g/mol. The number of methoxy groups -OCH3 is 1. The van der Waals surface area contributed by atoms with Crippen molar-refractivity contribution in [2.45, 2.75) is 6.04 Å². The number of hydrogen-bond acceptors (Lipinski definition) is 2. The summed E-state index contributed by atoms with van der Waals surface area (Å²) in [5.74, 6) is 0.885. The first-order valence-electron chi connectivity index (χ1n) is 5.81. The zero-order chi connectivity index (χ0) is 13.0. The topological polar surface area (TPSA) is 21.3 Å². The van der Waals surface area contributed by atoms with Crippen molar-refractivity contribution in [2.24, 2.45) is 0 Å². The Kier molecular flexibility index (Phi) is 4.60. The molecule has 2 aromatic carbocycles. The van der Waals surface area contributed by atoms with E-state index in [4.69, 9.17) is 4.74 Å². The van der Waals surface area contributed by atoms with Gasteiger partial charge in [-0.1, -0.05) is 24.3 Å². The molecule has 0 saturated heterocycles. The molecule has 0 aliphatic rings. The van der Waals surface area contributed by atoms with E-state index >= 15 is 0 Å². The average molecular weight is 353 g/mol. The van der Waals surface area contributed by atoms with E-state index in [9.17, 15) is 0 Å². The van der Waals surface area contributed by atoms with Gasteiger partial charge in [0.15, 0.2) is 0 Å². The maximum atomic E-state index is 5.19. The molecule has 0 radical (unpaired) electrons. The molecular formula is C15H16INO. The summed E-state index contributed by atoms with van der Waals surface area (Å²) in [6.45, 7) is 0. The first-order chi connectivity index (χ1) is 8.74. The van der Waals surface area contributed by atoms with Crippen molar-refractivity contribution in [3.63, 3.8) is 0 Å². The van der Waals surface area contributed by atoms with Gasteiger partial charge in [0.25, 0.3) is 0 Å². The van der Waals surface area contributed by atoms with Crippen molar-refractivity contribution in [2.75, 3.05) is 14.2 Å². The van der Waals surface area contributed by atoms with Gasteiger partial charge >= 0.3 is 0 Å². The Hall–Kier alpha value is -1.07. The molecule has 0 bridgehead atoms. The zero-order valence-electron chi connectivity index (χ0n) is 10.5. The van der Waals surface area contributed by atoms with Gasteiger partial charge in [-0.2, -0.15) is 0 Å². The molecule has 0 aliphatic heterocycles. The van der Waals surface area contributed by atoms with Crippen LogP contribution in [0.1, 0.15) is 17.2 Å². The normalized spacial score (nSPS) is 12.2. The van der Waals surface area contributed by atoms with Crippen LogP contribution in [0, 0.1) is 3.57 Å². The predicted octanol–water partition coefficient (Wildman–Crippen LogP) is 3.61. The third-order valence-electron chi connectivity index (χ3n) is 2.92. The highest BCUT2D eigenvalue weighted by Crippen LogP contribution is 2.24. The van der Waals surface area contributed by atoms with Gasteiger partial charge in [-0.25, -0.2) is 0 Å². The molecule has 0 aromatic heterocycles. The van der Waals surface area contributed by atoms with E-state index in [1.165, 1.54) is 14.7 Å². The predicted molar refractivity (Wildman–Crippen MR) is 83.1 cm³/mol. The maximum Gasteiger partial charge on any atom is 0.118 e. The van der Waals surface area contributed by atoms with Gasteiger partial charge in [-0.15, -0.1) is 0 Å². The second-order valence-electron chi connectivity index (χ2n) is 4.05. The molecule has 0 heterocycles. The number of hydrogen-bond donors (Lipinski definition) is 1. The highest BCUT2D eigenvalue weighted by atomic mass is 127. The highest BCUT2D eigenvalue weighted by molar-refractivity contribution is 14.1. The summed E-state index contributed by atoms with van der Waals surface area (Å²) in [5.41, 5.74) is 2.51. The molecule has 18 heavy (non-hydrogen) atoms. The molecule has 0 spiro atoms. The summed E-state index contributed by atoms with van der Waals surface area (Å²) >= 11 is 2.34. The summed E-state index contributed by atoms with van der Waals surface area (Å²) in [5, 5.41) is 3.36. The van der Waals surface area contributed by atoms with Crippen LogP contribution in [0.4, 0.5) is 0 Å². The van der Waals surface area contributed by atoms with Crippen molar-refractivity contribution >= 4 is 22.6 Å². The number of benzene rings is 2. The molecule has 0 aliphatic carbocycles. The molecule has 94 valence electrons. The summed E-state index contributed by atoms with van der Waals surface area (Å²) in [4.78, 5) is 0. The van der Waals surface area contributed by atoms with Crippen LogP contribution in [0.25, 0.3) is 0 Å². The average Bonchev–Trinajstić information content (AvgIpc) is 2.40. The minimum absolute atomic E-state index is 0.214. The second-order valence-corrected chi connectivity index (χ2v) is 5.30. The molecular weight excluding hydrogens is 337 g/mol. The van der Waals surface area contributed by atoms with Gasteiger partial charge in [0, 0.05) is 3.57 Å².